The number of nitrogens with one attached hydrogen (secondary N) is 2. The lowest BCUT2D eigenvalue weighted by Crippen LogP contribution is -2.08. The van der Waals surface area contributed by atoms with Crippen LogP contribution in [0.4, 0.5) is 5.82 Å². The van der Waals surface area contributed by atoms with Crippen LogP contribution in [0.15, 0.2) is 6.07 Å². The van der Waals surface area contributed by atoms with Gasteiger partial charge in [-0.1, -0.05) is 13.8 Å². The van der Waals surface area contributed by atoms with Crippen LogP contribution < -0.4 is 5.32 Å². The van der Waals surface area contributed by atoms with E-state index in [1.807, 2.05) is 6.92 Å². The van der Waals surface area contributed by atoms with Crippen molar-refractivity contribution in [2.75, 3.05) is 11.9 Å². The van der Waals surface area contributed by atoms with Crippen LogP contribution in [0.25, 0.3) is 20.4 Å². The van der Waals surface area contributed by atoms with Gasteiger partial charge in [0, 0.05) is 17.6 Å². The highest BCUT2D eigenvalue weighted by Crippen LogP contribution is 2.37. The second kappa shape index (κ2) is 4.49. The summed E-state index contributed by atoms with van der Waals surface area (Å²) in [6.45, 7) is 9.48. The molecule has 0 atom stereocenters. The predicted molar refractivity (Wildman–Crippen MR) is 82.1 cm³/mol. The summed E-state index contributed by atoms with van der Waals surface area (Å²) < 4.78 is 1.18. The fraction of sp³-hybridized carbons (Fsp3) is 0.429. The van der Waals surface area contributed by atoms with E-state index in [9.17, 15) is 0 Å². The van der Waals surface area contributed by atoms with Crippen LogP contribution >= 0.6 is 11.3 Å². The maximum atomic E-state index is 4.63. The number of rotatable bonds is 3. The Balaban J connectivity index is 2.16. The third-order valence-corrected chi connectivity index (χ3v) is 4.25. The minimum Gasteiger partial charge on any atom is -0.367 e. The van der Waals surface area contributed by atoms with Crippen LogP contribution in [0, 0.1) is 19.8 Å². The monoisotopic (exact) mass is 274 g/mol. The van der Waals surface area contributed by atoms with E-state index in [2.05, 4.69) is 47.3 Å². The molecule has 0 aliphatic carbocycles. The number of hydrogen-bond acceptors (Lipinski definition) is 4. The highest BCUT2D eigenvalue weighted by molar-refractivity contribution is 7.26. The average Bonchev–Trinajstić information content (AvgIpc) is 2.84. The molecule has 0 aliphatic rings. The van der Waals surface area contributed by atoms with E-state index in [1.54, 1.807) is 11.3 Å². The van der Waals surface area contributed by atoms with Gasteiger partial charge in [-0.15, -0.1) is 11.3 Å². The van der Waals surface area contributed by atoms with Crippen molar-refractivity contribution in [2.24, 2.45) is 5.92 Å². The molecule has 3 heterocycles. The molecule has 0 aliphatic heterocycles. The van der Waals surface area contributed by atoms with E-state index in [1.165, 1.54) is 15.6 Å². The zero-order chi connectivity index (χ0) is 13.6. The first-order valence-corrected chi connectivity index (χ1v) is 7.36. The fourth-order valence-corrected chi connectivity index (χ4v) is 3.51. The van der Waals surface area contributed by atoms with E-state index in [0.29, 0.717) is 5.92 Å². The lowest BCUT2D eigenvalue weighted by molar-refractivity contribution is 0.687. The number of hydrogen-bond donors (Lipinski definition) is 2. The van der Waals surface area contributed by atoms with Gasteiger partial charge in [0.15, 0.2) is 5.82 Å². The van der Waals surface area contributed by atoms with Gasteiger partial charge in [0.25, 0.3) is 0 Å². The van der Waals surface area contributed by atoms with Gasteiger partial charge in [-0.05, 0) is 31.4 Å². The average molecular weight is 274 g/mol. The van der Waals surface area contributed by atoms with Gasteiger partial charge >= 0.3 is 0 Å². The highest BCUT2D eigenvalue weighted by Gasteiger charge is 2.15. The number of aromatic nitrogens is 3. The summed E-state index contributed by atoms with van der Waals surface area (Å²) in [7, 11) is 0. The van der Waals surface area contributed by atoms with E-state index < -0.39 is 0 Å². The SMILES string of the molecule is Cc1cc(C)c2c(n1)sc1c(NCC(C)C)n[nH]c12. The topological polar surface area (TPSA) is 53.6 Å². The molecule has 3 rings (SSSR count). The molecule has 0 spiro atoms. The van der Waals surface area contributed by atoms with Crippen LogP contribution in [0.3, 0.4) is 0 Å². The standard InChI is InChI=1S/C14H18N4S/c1-7(2)6-15-13-12-11(17-18-13)10-8(3)5-9(4)16-14(10)19-12/h5,7H,6H2,1-4H3,(H2,15,17,18). The summed E-state index contributed by atoms with van der Waals surface area (Å²) in [6, 6.07) is 2.12. The van der Waals surface area contributed by atoms with Gasteiger partial charge in [0.2, 0.25) is 0 Å². The van der Waals surface area contributed by atoms with Crippen LogP contribution in [0.2, 0.25) is 0 Å². The molecule has 0 amide bonds. The van der Waals surface area contributed by atoms with E-state index >= 15 is 0 Å². The van der Waals surface area contributed by atoms with Crippen molar-refractivity contribution in [3.8, 4) is 0 Å². The van der Waals surface area contributed by atoms with Gasteiger partial charge in [0.05, 0.1) is 10.2 Å². The summed E-state index contributed by atoms with van der Waals surface area (Å²) in [6.07, 6.45) is 0. The van der Waals surface area contributed by atoms with Gasteiger partial charge < -0.3 is 5.32 Å². The Hall–Kier alpha value is -1.62. The van der Waals surface area contributed by atoms with Crippen molar-refractivity contribution in [3.05, 3.63) is 17.3 Å². The van der Waals surface area contributed by atoms with Gasteiger partial charge in [-0.3, -0.25) is 5.10 Å². The number of nitrogens with zero attached hydrogens (tertiary/aromatic N) is 2. The summed E-state index contributed by atoms with van der Waals surface area (Å²) in [4.78, 5) is 5.72. The minimum absolute atomic E-state index is 0.600. The Bertz CT molecular complexity index is 739. The first-order valence-electron chi connectivity index (χ1n) is 6.55. The molecule has 0 unspecified atom stereocenters. The number of thiophene rings is 1. The van der Waals surface area contributed by atoms with Crippen molar-refractivity contribution in [3.63, 3.8) is 0 Å². The maximum absolute atomic E-state index is 4.63. The number of H-pyrrole nitrogens is 1. The number of fused-ring (bicyclic) bond motifs is 3. The van der Waals surface area contributed by atoms with E-state index in [4.69, 9.17) is 0 Å². The smallest absolute Gasteiger partial charge is 0.165 e. The Morgan fingerprint density at radius 2 is 2.16 bits per heavy atom. The molecule has 100 valence electrons. The molecule has 2 N–H and O–H groups in total. The van der Waals surface area contributed by atoms with Crippen LogP contribution in [0.1, 0.15) is 25.1 Å². The normalized spacial score (nSPS) is 11.8. The Morgan fingerprint density at radius 1 is 1.37 bits per heavy atom. The van der Waals surface area contributed by atoms with Crippen molar-refractivity contribution in [1.29, 1.82) is 0 Å². The highest BCUT2D eigenvalue weighted by atomic mass is 32.1. The van der Waals surface area contributed by atoms with Gasteiger partial charge in [-0.25, -0.2) is 4.98 Å². The molecule has 3 aromatic rings. The zero-order valence-electron chi connectivity index (χ0n) is 11.7. The number of aryl methyl sites for hydroxylation is 2. The van der Waals surface area contributed by atoms with Gasteiger partial charge in [-0.2, -0.15) is 5.10 Å². The van der Waals surface area contributed by atoms with E-state index in [-0.39, 0.29) is 0 Å². The first-order chi connectivity index (χ1) is 9.06. The fourth-order valence-electron chi connectivity index (χ4n) is 2.30. The molecule has 0 radical (unpaired) electrons. The zero-order valence-corrected chi connectivity index (χ0v) is 12.5. The van der Waals surface area contributed by atoms with Crippen LogP contribution in [0.5, 0.6) is 0 Å². The molecule has 19 heavy (non-hydrogen) atoms. The van der Waals surface area contributed by atoms with E-state index in [0.717, 1.165) is 28.4 Å². The summed E-state index contributed by atoms with van der Waals surface area (Å²) in [5.74, 6) is 1.55. The third-order valence-electron chi connectivity index (χ3n) is 3.16. The van der Waals surface area contributed by atoms with Crippen molar-refractivity contribution >= 4 is 37.6 Å². The maximum Gasteiger partial charge on any atom is 0.165 e. The number of aromatic amines is 1. The Labute approximate surface area is 116 Å². The van der Waals surface area contributed by atoms with Crippen molar-refractivity contribution in [1.82, 2.24) is 15.2 Å². The lowest BCUT2D eigenvalue weighted by atomic mass is 10.1. The summed E-state index contributed by atoms with van der Waals surface area (Å²) in [5.41, 5.74) is 3.43. The molecule has 0 saturated heterocycles. The minimum atomic E-state index is 0.600. The van der Waals surface area contributed by atoms with Crippen molar-refractivity contribution in [2.45, 2.75) is 27.7 Å². The molecule has 0 saturated carbocycles. The second-order valence-electron chi connectivity index (χ2n) is 5.41. The molecule has 3 aromatic heterocycles. The Kier molecular flexibility index (Phi) is 2.93. The largest absolute Gasteiger partial charge is 0.367 e. The first kappa shape index (κ1) is 12.4. The third kappa shape index (κ3) is 2.08. The molecule has 5 heteroatoms. The molecular weight excluding hydrogens is 256 g/mol. The van der Waals surface area contributed by atoms with Crippen molar-refractivity contribution < 1.29 is 0 Å². The molecule has 0 fully saturated rings. The summed E-state index contributed by atoms with van der Waals surface area (Å²) in [5, 5.41) is 12.1. The summed E-state index contributed by atoms with van der Waals surface area (Å²) >= 11 is 1.71. The number of anilines is 1. The lowest BCUT2D eigenvalue weighted by Gasteiger charge is -2.04. The molecular formula is C14H18N4S. The Morgan fingerprint density at radius 3 is 2.89 bits per heavy atom. The van der Waals surface area contributed by atoms with Crippen LogP contribution in [-0.4, -0.2) is 21.7 Å². The van der Waals surface area contributed by atoms with Gasteiger partial charge in [0.1, 0.15) is 4.83 Å². The predicted octanol–water partition coefficient (Wildman–Crippen LogP) is 3.86. The van der Waals surface area contributed by atoms with Crippen LogP contribution in [-0.2, 0) is 0 Å². The molecule has 4 nitrogen and oxygen atoms in total. The molecule has 0 aromatic carbocycles. The quantitative estimate of drug-likeness (QED) is 0.762. The second-order valence-corrected chi connectivity index (χ2v) is 6.41. The number of pyridine rings is 1. The molecule has 0 bridgehead atoms.